The Morgan fingerprint density at radius 1 is 0.914 bits per heavy atom. The molecule has 6 nitrogen and oxygen atoms in total. The zero-order valence-electron chi connectivity index (χ0n) is 20.0. The van der Waals surface area contributed by atoms with Crippen molar-refractivity contribution in [2.45, 2.75) is 32.1 Å². The predicted molar refractivity (Wildman–Crippen MR) is 132 cm³/mol. The van der Waals surface area contributed by atoms with Gasteiger partial charge in [-0.05, 0) is 73.9 Å². The summed E-state index contributed by atoms with van der Waals surface area (Å²) < 4.78 is 15.1. The second kappa shape index (κ2) is 9.64. The van der Waals surface area contributed by atoms with Gasteiger partial charge in [0.25, 0.3) is 11.8 Å². The van der Waals surface area contributed by atoms with Crippen LogP contribution in [0.3, 0.4) is 0 Å². The molecule has 0 N–H and O–H groups in total. The molecule has 2 fully saturated rings. The number of carbonyl (C=O) groups is 3. The van der Waals surface area contributed by atoms with E-state index in [2.05, 4.69) is 0 Å². The number of nitrogens with zero attached hydrogens (tertiary/aromatic N) is 3. The normalized spacial score (nSPS) is 16.7. The number of hydrogen-bond donors (Lipinski definition) is 0. The van der Waals surface area contributed by atoms with Crippen molar-refractivity contribution in [1.29, 1.82) is 0 Å². The van der Waals surface area contributed by atoms with Gasteiger partial charge >= 0.3 is 0 Å². The third kappa shape index (κ3) is 4.72. The number of ketones is 1. The maximum atomic E-state index is 13.5. The van der Waals surface area contributed by atoms with Crippen LogP contribution in [0.4, 0.5) is 4.39 Å². The largest absolute Gasteiger partial charge is 0.350 e. The molecule has 2 aliphatic rings. The van der Waals surface area contributed by atoms with Crippen LogP contribution in [0.2, 0.25) is 0 Å². The van der Waals surface area contributed by atoms with Crippen molar-refractivity contribution in [2.24, 2.45) is 13.0 Å². The summed E-state index contributed by atoms with van der Waals surface area (Å²) in [6.45, 7) is 2.57. The number of benzene rings is 2. The standard InChI is InChI=1S/C28H30FN3O3/c1-30-18-24(23-17-21(6-9-25(23)30)26(33)28(35)31-12-2-3-13-31)27(34)32-14-10-20(11-15-32)16-19-4-7-22(29)8-5-19/h4-9,17-18,20H,2-3,10-16H2,1H3. The van der Waals surface area contributed by atoms with E-state index in [-0.39, 0.29) is 11.7 Å². The molecule has 7 heteroatoms. The lowest BCUT2D eigenvalue weighted by Crippen LogP contribution is -2.38. The highest BCUT2D eigenvalue weighted by Crippen LogP contribution is 2.27. The minimum absolute atomic E-state index is 0.0497. The smallest absolute Gasteiger partial charge is 0.294 e. The van der Waals surface area contributed by atoms with Crippen molar-refractivity contribution in [1.82, 2.24) is 14.4 Å². The highest BCUT2D eigenvalue weighted by atomic mass is 19.1. The Morgan fingerprint density at radius 3 is 2.29 bits per heavy atom. The third-order valence-electron chi connectivity index (χ3n) is 7.41. The zero-order valence-corrected chi connectivity index (χ0v) is 20.0. The number of amides is 2. The Balaban J connectivity index is 1.30. The quantitative estimate of drug-likeness (QED) is 0.410. The van der Waals surface area contributed by atoms with Crippen LogP contribution in [0.5, 0.6) is 0 Å². The molecule has 3 heterocycles. The number of hydrogen-bond acceptors (Lipinski definition) is 3. The first kappa shape index (κ1) is 23.3. The number of halogens is 1. The molecule has 0 radical (unpaired) electrons. The highest BCUT2D eigenvalue weighted by Gasteiger charge is 2.28. The van der Waals surface area contributed by atoms with Gasteiger partial charge in [-0.25, -0.2) is 4.39 Å². The number of piperidine rings is 1. The van der Waals surface area contributed by atoms with Gasteiger partial charge in [-0.3, -0.25) is 14.4 Å². The van der Waals surface area contributed by atoms with Crippen molar-refractivity contribution in [2.75, 3.05) is 26.2 Å². The number of carbonyl (C=O) groups excluding carboxylic acids is 3. The molecule has 3 aromatic rings. The van der Waals surface area contributed by atoms with Gasteiger partial charge in [-0.2, -0.15) is 0 Å². The molecular formula is C28H30FN3O3. The van der Waals surface area contributed by atoms with E-state index in [0.717, 1.165) is 43.2 Å². The summed E-state index contributed by atoms with van der Waals surface area (Å²) in [6.07, 6.45) is 6.33. The van der Waals surface area contributed by atoms with E-state index in [0.29, 0.717) is 48.6 Å². The van der Waals surface area contributed by atoms with Gasteiger partial charge in [0.2, 0.25) is 5.78 Å². The predicted octanol–water partition coefficient (Wildman–Crippen LogP) is 4.22. The first-order valence-electron chi connectivity index (χ1n) is 12.4. The average Bonchev–Trinajstić information content (AvgIpc) is 3.53. The Bertz CT molecular complexity index is 1270. The summed E-state index contributed by atoms with van der Waals surface area (Å²) in [5.41, 5.74) is 2.85. The van der Waals surface area contributed by atoms with Crippen LogP contribution in [0.1, 0.15) is 52.0 Å². The van der Waals surface area contributed by atoms with Crippen LogP contribution in [0, 0.1) is 11.7 Å². The van der Waals surface area contributed by atoms with E-state index in [1.165, 1.54) is 12.1 Å². The fraction of sp³-hybridized carbons (Fsp3) is 0.393. The second-order valence-corrected chi connectivity index (χ2v) is 9.78. The van der Waals surface area contributed by atoms with Gasteiger partial charge in [-0.15, -0.1) is 0 Å². The SMILES string of the molecule is Cn1cc(C(=O)N2CCC(Cc3ccc(F)cc3)CC2)c2cc(C(=O)C(=O)N3CCCC3)ccc21. The zero-order chi connectivity index (χ0) is 24.5. The molecule has 0 saturated carbocycles. The van der Waals surface area contributed by atoms with Crippen molar-refractivity contribution in [3.05, 3.63) is 71.2 Å². The molecule has 35 heavy (non-hydrogen) atoms. The molecule has 0 unspecified atom stereocenters. The van der Waals surface area contributed by atoms with Crippen molar-refractivity contribution in [3.63, 3.8) is 0 Å². The molecule has 0 atom stereocenters. The van der Waals surface area contributed by atoms with E-state index in [9.17, 15) is 18.8 Å². The Morgan fingerprint density at radius 2 is 1.60 bits per heavy atom. The van der Waals surface area contributed by atoms with Crippen LogP contribution in [-0.2, 0) is 18.3 Å². The van der Waals surface area contributed by atoms with E-state index >= 15 is 0 Å². The molecule has 2 amide bonds. The van der Waals surface area contributed by atoms with E-state index in [1.54, 1.807) is 17.0 Å². The molecule has 182 valence electrons. The van der Waals surface area contributed by atoms with Crippen LogP contribution >= 0.6 is 0 Å². The Hall–Kier alpha value is -3.48. The number of rotatable bonds is 5. The Labute approximate surface area is 204 Å². The summed E-state index contributed by atoms with van der Waals surface area (Å²) >= 11 is 0. The summed E-state index contributed by atoms with van der Waals surface area (Å²) in [5.74, 6) is -0.801. The minimum atomic E-state index is -0.516. The van der Waals surface area contributed by atoms with Gasteiger partial charge in [0, 0.05) is 55.9 Å². The maximum absolute atomic E-state index is 13.5. The first-order chi connectivity index (χ1) is 16.9. The summed E-state index contributed by atoms with van der Waals surface area (Å²) in [7, 11) is 1.88. The summed E-state index contributed by atoms with van der Waals surface area (Å²) in [4.78, 5) is 42.4. The number of likely N-dealkylation sites (tertiary alicyclic amines) is 2. The molecule has 0 aliphatic carbocycles. The van der Waals surface area contributed by atoms with E-state index in [1.807, 2.05) is 40.9 Å². The second-order valence-electron chi connectivity index (χ2n) is 9.78. The lowest BCUT2D eigenvalue weighted by Gasteiger charge is -2.32. The fourth-order valence-electron chi connectivity index (χ4n) is 5.36. The first-order valence-corrected chi connectivity index (χ1v) is 12.4. The molecule has 1 aromatic heterocycles. The molecule has 2 saturated heterocycles. The molecule has 2 aliphatic heterocycles. The van der Waals surface area contributed by atoms with Gasteiger partial charge in [-0.1, -0.05) is 12.1 Å². The average molecular weight is 476 g/mol. The number of aryl methyl sites for hydroxylation is 1. The van der Waals surface area contributed by atoms with Gasteiger partial charge in [0.1, 0.15) is 5.82 Å². The lowest BCUT2D eigenvalue weighted by molar-refractivity contribution is -0.125. The van der Waals surface area contributed by atoms with E-state index in [4.69, 9.17) is 0 Å². The van der Waals surface area contributed by atoms with Crippen molar-refractivity contribution >= 4 is 28.5 Å². The van der Waals surface area contributed by atoms with Crippen molar-refractivity contribution < 1.29 is 18.8 Å². The third-order valence-corrected chi connectivity index (χ3v) is 7.41. The van der Waals surface area contributed by atoms with Crippen LogP contribution in [0.15, 0.2) is 48.7 Å². The maximum Gasteiger partial charge on any atom is 0.294 e. The molecule has 0 spiro atoms. The topological polar surface area (TPSA) is 62.6 Å². The molecule has 5 rings (SSSR count). The van der Waals surface area contributed by atoms with Gasteiger partial charge in [0.15, 0.2) is 0 Å². The van der Waals surface area contributed by atoms with Crippen LogP contribution in [0.25, 0.3) is 10.9 Å². The van der Waals surface area contributed by atoms with Gasteiger partial charge < -0.3 is 14.4 Å². The highest BCUT2D eigenvalue weighted by molar-refractivity contribution is 6.43. The molecule has 0 bridgehead atoms. The molecule has 2 aromatic carbocycles. The monoisotopic (exact) mass is 475 g/mol. The summed E-state index contributed by atoms with van der Waals surface area (Å²) in [5, 5.41) is 0.700. The fourth-order valence-corrected chi connectivity index (χ4v) is 5.36. The lowest BCUT2D eigenvalue weighted by atomic mass is 9.90. The van der Waals surface area contributed by atoms with Gasteiger partial charge in [0.05, 0.1) is 5.56 Å². The number of fused-ring (bicyclic) bond motifs is 1. The Kier molecular flexibility index (Phi) is 6.41. The number of Topliss-reactive ketones (excluding diaryl/α,β-unsaturated/α-hetero) is 1. The summed E-state index contributed by atoms with van der Waals surface area (Å²) in [6, 6.07) is 11.8. The minimum Gasteiger partial charge on any atom is -0.350 e. The molecular weight excluding hydrogens is 445 g/mol. The van der Waals surface area contributed by atoms with Crippen LogP contribution in [-0.4, -0.2) is 58.1 Å². The van der Waals surface area contributed by atoms with Crippen molar-refractivity contribution in [3.8, 4) is 0 Å². The van der Waals surface area contributed by atoms with E-state index < -0.39 is 11.7 Å². The number of aromatic nitrogens is 1. The van der Waals surface area contributed by atoms with Crippen LogP contribution < -0.4 is 0 Å².